The Kier molecular flexibility index (Phi) is 4.63. The molecule has 1 fully saturated rings. The van der Waals surface area contributed by atoms with Crippen LogP contribution in [0.15, 0.2) is 24.3 Å². The molecule has 2 unspecified atom stereocenters. The number of nitrogens with zero attached hydrogens (tertiary/aromatic N) is 1. The van der Waals surface area contributed by atoms with Crippen LogP contribution >= 0.6 is 0 Å². The van der Waals surface area contributed by atoms with Crippen molar-refractivity contribution in [2.24, 2.45) is 5.92 Å². The maximum Gasteiger partial charge on any atom is 0.416 e. The molecule has 0 aromatic heterocycles. The first kappa shape index (κ1) is 16.3. The highest BCUT2D eigenvalue weighted by Crippen LogP contribution is 2.42. The molecule has 1 aliphatic rings. The molecular weight excluding hydrogens is 279 g/mol. The van der Waals surface area contributed by atoms with Crippen molar-refractivity contribution < 1.29 is 18.3 Å². The second-order valence-electron chi connectivity index (χ2n) is 6.20. The fraction of sp³-hybridized carbons (Fsp3) is 0.625. The third-order valence-electron chi connectivity index (χ3n) is 4.33. The molecule has 2 atom stereocenters. The summed E-state index contributed by atoms with van der Waals surface area (Å²) < 4.78 is 37.9. The van der Waals surface area contributed by atoms with E-state index in [0.29, 0.717) is 12.0 Å². The van der Waals surface area contributed by atoms with E-state index >= 15 is 0 Å². The Bertz CT molecular complexity index is 469. The molecule has 0 aliphatic heterocycles. The normalized spacial score (nSPS) is 27.1. The van der Waals surface area contributed by atoms with E-state index in [-0.39, 0.29) is 5.92 Å². The van der Waals surface area contributed by atoms with Crippen LogP contribution < -0.4 is 0 Å². The summed E-state index contributed by atoms with van der Waals surface area (Å²) in [4.78, 5) is 2.02. The number of alkyl halides is 3. The van der Waals surface area contributed by atoms with Gasteiger partial charge in [0.25, 0.3) is 0 Å². The standard InChI is InChI=1S/C16H22F3NO/c1-20(2)11-14-5-3-4-10-15(14,21)12-6-8-13(9-7-12)16(17,18)19/h6-9,14,21H,3-5,10-11H2,1-2H3. The van der Waals surface area contributed by atoms with Crippen molar-refractivity contribution in [2.75, 3.05) is 20.6 Å². The molecule has 21 heavy (non-hydrogen) atoms. The third kappa shape index (κ3) is 3.58. The molecule has 1 saturated carbocycles. The number of halogens is 3. The van der Waals surface area contributed by atoms with Crippen molar-refractivity contribution in [1.29, 1.82) is 0 Å². The number of benzene rings is 1. The Morgan fingerprint density at radius 2 is 1.81 bits per heavy atom. The molecule has 0 spiro atoms. The molecular formula is C16H22F3NO. The van der Waals surface area contributed by atoms with E-state index in [0.717, 1.165) is 37.9 Å². The number of hydrogen-bond donors (Lipinski definition) is 1. The van der Waals surface area contributed by atoms with Gasteiger partial charge < -0.3 is 10.0 Å². The molecule has 2 rings (SSSR count). The minimum atomic E-state index is -4.34. The van der Waals surface area contributed by atoms with E-state index < -0.39 is 17.3 Å². The Balaban J connectivity index is 2.28. The van der Waals surface area contributed by atoms with Crippen molar-refractivity contribution in [3.05, 3.63) is 35.4 Å². The molecule has 118 valence electrons. The molecule has 5 heteroatoms. The van der Waals surface area contributed by atoms with Crippen LogP contribution in [0.1, 0.15) is 36.8 Å². The highest BCUT2D eigenvalue weighted by Gasteiger charge is 2.41. The first-order valence-electron chi connectivity index (χ1n) is 7.28. The average molecular weight is 301 g/mol. The van der Waals surface area contributed by atoms with Gasteiger partial charge in [0.2, 0.25) is 0 Å². The zero-order chi connectivity index (χ0) is 15.7. The van der Waals surface area contributed by atoms with E-state index in [1.807, 2.05) is 19.0 Å². The summed E-state index contributed by atoms with van der Waals surface area (Å²) in [6.45, 7) is 0.734. The number of rotatable bonds is 3. The summed E-state index contributed by atoms with van der Waals surface area (Å²) in [5.74, 6) is 0.0537. The van der Waals surface area contributed by atoms with Crippen LogP contribution in [0.3, 0.4) is 0 Å². The van der Waals surface area contributed by atoms with Gasteiger partial charge >= 0.3 is 6.18 Å². The largest absolute Gasteiger partial charge is 0.416 e. The van der Waals surface area contributed by atoms with Crippen molar-refractivity contribution in [3.8, 4) is 0 Å². The van der Waals surface area contributed by atoms with E-state index in [1.165, 1.54) is 12.1 Å². The van der Waals surface area contributed by atoms with E-state index in [4.69, 9.17) is 0 Å². The third-order valence-corrected chi connectivity index (χ3v) is 4.33. The molecule has 0 heterocycles. The zero-order valence-electron chi connectivity index (χ0n) is 12.5. The van der Waals surface area contributed by atoms with Crippen LogP contribution in [-0.2, 0) is 11.8 Å². The maximum atomic E-state index is 12.6. The van der Waals surface area contributed by atoms with Gasteiger partial charge in [0.1, 0.15) is 0 Å². The molecule has 0 amide bonds. The Morgan fingerprint density at radius 3 is 2.33 bits per heavy atom. The van der Waals surface area contributed by atoms with E-state index in [1.54, 1.807) is 0 Å². The SMILES string of the molecule is CN(C)CC1CCCCC1(O)c1ccc(C(F)(F)F)cc1. The first-order chi connectivity index (χ1) is 9.73. The van der Waals surface area contributed by atoms with E-state index in [2.05, 4.69) is 0 Å². The van der Waals surface area contributed by atoms with Gasteiger partial charge in [0.05, 0.1) is 11.2 Å². The van der Waals surface area contributed by atoms with Crippen LogP contribution in [0.25, 0.3) is 0 Å². The van der Waals surface area contributed by atoms with Crippen LogP contribution in [0, 0.1) is 5.92 Å². The van der Waals surface area contributed by atoms with Gasteiger partial charge in [-0.3, -0.25) is 0 Å². The fourth-order valence-corrected chi connectivity index (χ4v) is 3.24. The Morgan fingerprint density at radius 1 is 1.19 bits per heavy atom. The summed E-state index contributed by atoms with van der Waals surface area (Å²) in [6, 6.07) is 4.98. The lowest BCUT2D eigenvalue weighted by Gasteiger charge is -2.41. The second kappa shape index (κ2) is 5.97. The minimum Gasteiger partial charge on any atom is -0.385 e. The van der Waals surface area contributed by atoms with Crippen LogP contribution in [0.2, 0.25) is 0 Å². The zero-order valence-corrected chi connectivity index (χ0v) is 12.5. The highest BCUT2D eigenvalue weighted by atomic mass is 19.4. The molecule has 0 bridgehead atoms. The van der Waals surface area contributed by atoms with Crippen molar-refractivity contribution in [1.82, 2.24) is 4.90 Å². The molecule has 0 saturated heterocycles. The van der Waals surface area contributed by atoms with E-state index in [9.17, 15) is 18.3 Å². The summed E-state index contributed by atoms with van der Waals surface area (Å²) in [6.07, 6.45) is -0.869. The maximum absolute atomic E-state index is 12.6. The lowest BCUT2D eigenvalue weighted by Crippen LogP contribution is -2.43. The minimum absolute atomic E-state index is 0.0537. The molecule has 1 aromatic carbocycles. The lowest BCUT2D eigenvalue weighted by atomic mass is 9.71. The molecule has 2 nitrogen and oxygen atoms in total. The van der Waals surface area contributed by atoms with Gasteiger partial charge in [-0.15, -0.1) is 0 Å². The number of hydrogen-bond acceptors (Lipinski definition) is 2. The van der Waals surface area contributed by atoms with Crippen LogP contribution in [0.4, 0.5) is 13.2 Å². The lowest BCUT2D eigenvalue weighted by molar-refractivity contribution is -0.137. The molecule has 1 aliphatic carbocycles. The summed E-state index contributed by atoms with van der Waals surface area (Å²) in [7, 11) is 3.89. The Hall–Kier alpha value is -1.07. The molecule has 0 radical (unpaired) electrons. The average Bonchev–Trinajstić information content (AvgIpc) is 2.40. The van der Waals surface area contributed by atoms with Crippen LogP contribution in [0.5, 0.6) is 0 Å². The van der Waals surface area contributed by atoms with Gasteiger partial charge in [-0.25, -0.2) is 0 Å². The van der Waals surface area contributed by atoms with Crippen molar-refractivity contribution in [3.63, 3.8) is 0 Å². The molecule has 1 N–H and O–H groups in total. The van der Waals surface area contributed by atoms with Crippen molar-refractivity contribution in [2.45, 2.75) is 37.5 Å². The first-order valence-corrected chi connectivity index (χ1v) is 7.28. The smallest absolute Gasteiger partial charge is 0.385 e. The van der Waals surface area contributed by atoms with Gasteiger partial charge in [-0.05, 0) is 44.6 Å². The van der Waals surface area contributed by atoms with Crippen molar-refractivity contribution >= 4 is 0 Å². The quantitative estimate of drug-likeness (QED) is 0.921. The Labute approximate surface area is 123 Å². The summed E-state index contributed by atoms with van der Waals surface area (Å²) in [5.41, 5.74) is -1.09. The van der Waals surface area contributed by atoms with Crippen LogP contribution in [-0.4, -0.2) is 30.6 Å². The number of aliphatic hydroxyl groups is 1. The predicted molar refractivity (Wildman–Crippen MR) is 75.9 cm³/mol. The van der Waals surface area contributed by atoms with Gasteiger partial charge in [0, 0.05) is 12.5 Å². The predicted octanol–water partition coefficient (Wildman–Crippen LogP) is 3.64. The van der Waals surface area contributed by atoms with Gasteiger partial charge in [-0.1, -0.05) is 25.0 Å². The fourth-order valence-electron chi connectivity index (χ4n) is 3.24. The van der Waals surface area contributed by atoms with Gasteiger partial charge in [-0.2, -0.15) is 13.2 Å². The molecule has 1 aromatic rings. The summed E-state index contributed by atoms with van der Waals surface area (Å²) >= 11 is 0. The second-order valence-corrected chi connectivity index (χ2v) is 6.20. The monoisotopic (exact) mass is 301 g/mol. The topological polar surface area (TPSA) is 23.5 Å². The highest BCUT2D eigenvalue weighted by molar-refractivity contribution is 5.30. The van der Waals surface area contributed by atoms with Gasteiger partial charge in [0.15, 0.2) is 0 Å². The summed E-state index contributed by atoms with van der Waals surface area (Å²) in [5, 5.41) is 11.0.